The van der Waals surface area contributed by atoms with Crippen LogP contribution >= 0.6 is 0 Å². The molecule has 1 amide bonds. The predicted molar refractivity (Wildman–Crippen MR) is 155 cm³/mol. The number of likely N-dealkylation sites (N-methyl/N-ethyl adjacent to an activating group) is 1. The molecule has 40 heavy (non-hydrogen) atoms. The van der Waals surface area contributed by atoms with Crippen LogP contribution in [0.15, 0.2) is 36.9 Å². The average Bonchev–Trinajstić information content (AvgIpc) is 3.57. The summed E-state index contributed by atoms with van der Waals surface area (Å²) in [4.78, 5) is 31.1. The van der Waals surface area contributed by atoms with Gasteiger partial charge in [-0.1, -0.05) is 44.2 Å². The Kier molecular flexibility index (Phi) is 8.98. The van der Waals surface area contributed by atoms with E-state index in [0.717, 1.165) is 62.5 Å². The molecule has 1 aromatic heterocycles. The number of likely N-dealkylation sites (tertiary alicyclic amines) is 1. The summed E-state index contributed by atoms with van der Waals surface area (Å²) in [5.74, 6) is 0.743. The molecule has 2 fully saturated rings. The number of anilines is 1. The van der Waals surface area contributed by atoms with Gasteiger partial charge in [0.2, 0.25) is 5.91 Å². The lowest BCUT2D eigenvalue weighted by Crippen LogP contribution is -2.55. The molecule has 9 nitrogen and oxygen atoms in total. The second kappa shape index (κ2) is 12.8. The van der Waals surface area contributed by atoms with Crippen LogP contribution in [0.5, 0.6) is 6.01 Å². The Morgan fingerprint density at radius 1 is 1.18 bits per heavy atom. The first-order chi connectivity index (χ1) is 19.5. The second-order valence-electron chi connectivity index (χ2n) is 11.2. The lowest BCUT2D eigenvalue weighted by Gasteiger charge is -2.41. The monoisotopic (exact) mass is 543 g/mol. The third kappa shape index (κ3) is 6.13. The fourth-order valence-corrected chi connectivity index (χ4v) is 6.28. The first-order valence-electron chi connectivity index (χ1n) is 14.6. The first kappa shape index (κ1) is 28.1. The minimum Gasteiger partial charge on any atom is -0.462 e. The quantitative estimate of drug-likeness (QED) is 0.421. The van der Waals surface area contributed by atoms with E-state index in [9.17, 15) is 10.1 Å². The van der Waals surface area contributed by atoms with Gasteiger partial charge in [0.15, 0.2) is 0 Å². The van der Waals surface area contributed by atoms with E-state index in [2.05, 4.69) is 65.6 Å². The largest absolute Gasteiger partial charge is 0.462 e. The molecule has 4 heterocycles. The molecule has 2 saturated heterocycles. The number of rotatable bonds is 10. The van der Waals surface area contributed by atoms with Crippen LogP contribution in [0.2, 0.25) is 0 Å². The normalized spacial score (nSPS) is 21.3. The number of hydrogen-bond donors (Lipinski definition) is 0. The number of aryl methyl sites for hydroxylation is 1. The zero-order valence-electron chi connectivity index (χ0n) is 23.9. The molecule has 0 bridgehead atoms. The van der Waals surface area contributed by atoms with E-state index in [1.807, 2.05) is 0 Å². The highest BCUT2D eigenvalue weighted by Crippen LogP contribution is 2.34. The van der Waals surface area contributed by atoms with Crippen molar-refractivity contribution in [2.75, 3.05) is 44.7 Å². The van der Waals surface area contributed by atoms with E-state index in [4.69, 9.17) is 14.7 Å². The molecule has 2 atom stereocenters. The SMILES string of the molecule is C=CC(=O)N1CCN(c2nc(OC[C@@H]3CCCN3C)nc3c2CN(Cc2ccccc2CCC)C3)C[C@@H]1CC#N. The molecule has 2 aromatic rings. The van der Waals surface area contributed by atoms with E-state index >= 15 is 0 Å². The highest BCUT2D eigenvalue weighted by atomic mass is 16.5. The number of fused-ring (bicyclic) bond motifs is 1. The Morgan fingerprint density at radius 2 is 2.00 bits per heavy atom. The smallest absolute Gasteiger partial charge is 0.318 e. The van der Waals surface area contributed by atoms with Crippen molar-refractivity contribution >= 4 is 11.7 Å². The van der Waals surface area contributed by atoms with Crippen molar-refractivity contribution in [1.82, 2.24) is 24.7 Å². The van der Waals surface area contributed by atoms with Gasteiger partial charge >= 0.3 is 6.01 Å². The van der Waals surface area contributed by atoms with Gasteiger partial charge in [-0.05, 0) is 50.1 Å². The van der Waals surface area contributed by atoms with Crippen molar-refractivity contribution in [3.05, 3.63) is 59.3 Å². The highest BCUT2D eigenvalue weighted by molar-refractivity contribution is 5.87. The summed E-state index contributed by atoms with van der Waals surface area (Å²) >= 11 is 0. The van der Waals surface area contributed by atoms with Crippen LogP contribution in [0.25, 0.3) is 0 Å². The summed E-state index contributed by atoms with van der Waals surface area (Å²) in [7, 11) is 2.14. The van der Waals surface area contributed by atoms with Gasteiger partial charge in [-0.2, -0.15) is 15.2 Å². The molecule has 0 unspecified atom stereocenters. The first-order valence-corrected chi connectivity index (χ1v) is 14.6. The van der Waals surface area contributed by atoms with Crippen LogP contribution in [0.1, 0.15) is 55.0 Å². The molecule has 0 spiro atoms. The molecule has 0 radical (unpaired) electrons. The van der Waals surface area contributed by atoms with Crippen molar-refractivity contribution in [1.29, 1.82) is 5.26 Å². The number of piperazine rings is 1. The predicted octanol–water partition coefficient (Wildman–Crippen LogP) is 3.53. The Morgan fingerprint density at radius 3 is 2.73 bits per heavy atom. The number of hydrogen-bond acceptors (Lipinski definition) is 8. The molecule has 1 aromatic carbocycles. The van der Waals surface area contributed by atoms with Crippen molar-refractivity contribution in [3.63, 3.8) is 0 Å². The Labute approximate surface area is 238 Å². The number of amides is 1. The maximum Gasteiger partial charge on any atom is 0.318 e. The summed E-state index contributed by atoms with van der Waals surface area (Å²) in [6.45, 7) is 11.6. The zero-order valence-corrected chi connectivity index (χ0v) is 23.9. The highest BCUT2D eigenvalue weighted by Gasteiger charge is 2.34. The van der Waals surface area contributed by atoms with Gasteiger partial charge < -0.3 is 19.4 Å². The Balaban J connectivity index is 1.41. The third-order valence-corrected chi connectivity index (χ3v) is 8.48. The van der Waals surface area contributed by atoms with Crippen molar-refractivity contribution in [2.45, 2.75) is 70.7 Å². The second-order valence-corrected chi connectivity index (χ2v) is 11.2. The maximum absolute atomic E-state index is 12.5. The molecule has 5 rings (SSSR count). The summed E-state index contributed by atoms with van der Waals surface area (Å²) in [5.41, 5.74) is 4.89. The number of nitriles is 1. The van der Waals surface area contributed by atoms with E-state index in [0.29, 0.717) is 38.3 Å². The lowest BCUT2D eigenvalue weighted by atomic mass is 10.0. The van der Waals surface area contributed by atoms with E-state index in [-0.39, 0.29) is 18.4 Å². The molecular weight excluding hydrogens is 502 g/mol. The molecule has 0 N–H and O–H groups in total. The summed E-state index contributed by atoms with van der Waals surface area (Å²) in [6, 6.07) is 11.5. The minimum atomic E-state index is -0.218. The number of carbonyl (C=O) groups is 1. The van der Waals surface area contributed by atoms with Gasteiger partial charge in [-0.25, -0.2) is 0 Å². The van der Waals surface area contributed by atoms with Crippen molar-refractivity contribution < 1.29 is 9.53 Å². The van der Waals surface area contributed by atoms with E-state index in [1.54, 1.807) is 4.90 Å². The molecule has 3 aliphatic rings. The van der Waals surface area contributed by atoms with Crippen LogP contribution < -0.4 is 9.64 Å². The molecule has 0 aliphatic carbocycles. The maximum atomic E-state index is 12.5. The fourth-order valence-electron chi connectivity index (χ4n) is 6.28. The fraction of sp³-hybridized carbons (Fsp3) is 0.548. The standard InChI is InChI=1S/C31H41N7O2/c1-4-9-23-10-6-7-11-24(23)18-36-20-27-28(21-36)33-31(40-22-26-12-8-15-35(26)3)34-30(27)37-16-17-38(29(39)5-2)25(19-37)13-14-32/h5-7,10-11,25-26H,2,4,8-9,12-13,15-22H2,1,3H3/t25-,26-/m0/s1. The van der Waals surface area contributed by atoms with E-state index in [1.165, 1.54) is 23.6 Å². The van der Waals surface area contributed by atoms with Crippen molar-refractivity contribution in [3.8, 4) is 12.1 Å². The molecule has 3 aliphatic heterocycles. The molecule has 9 heteroatoms. The van der Waals surface area contributed by atoms with Crippen LogP contribution in [-0.2, 0) is 30.8 Å². The van der Waals surface area contributed by atoms with Crippen LogP contribution in [0.4, 0.5) is 5.82 Å². The lowest BCUT2D eigenvalue weighted by molar-refractivity contribution is -0.128. The summed E-state index contributed by atoms with van der Waals surface area (Å²) in [6.07, 6.45) is 6.10. The zero-order chi connectivity index (χ0) is 28.1. The third-order valence-electron chi connectivity index (χ3n) is 8.48. The molecule has 0 saturated carbocycles. The van der Waals surface area contributed by atoms with Gasteiger partial charge in [0.25, 0.3) is 0 Å². The average molecular weight is 544 g/mol. The minimum absolute atomic E-state index is 0.130. The van der Waals surface area contributed by atoms with Crippen LogP contribution in [0, 0.1) is 11.3 Å². The molecule has 212 valence electrons. The number of carbonyl (C=O) groups excluding carboxylic acids is 1. The van der Waals surface area contributed by atoms with E-state index < -0.39 is 0 Å². The number of ether oxygens (including phenoxy) is 1. The summed E-state index contributed by atoms with van der Waals surface area (Å²) in [5, 5.41) is 9.49. The molecular formula is C31H41N7O2. The summed E-state index contributed by atoms with van der Waals surface area (Å²) < 4.78 is 6.23. The Bertz CT molecular complexity index is 1260. The Hall–Kier alpha value is -3.48. The van der Waals surface area contributed by atoms with Crippen LogP contribution in [-0.4, -0.2) is 82.5 Å². The van der Waals surface area contributed by atoms with Gasteiger partial charge in [-0.3, -0.25) is 9.69 Å². The number of aromatic nitrogens is 2. The number of benzene rings is 1. The van der Waals surface area contributed by atoms with Gasteiger partial charge in [0, 0.05) is 50.9 Å². The van der Waals surface area contributed by atoms with Gasteiger partial charge in [0.1, 0.15) is 12.4 Å². The topological polar surface area (TPSA) is 88.8 Å². The van der Waals surface area contributed by atoms with Gasteiger partial charge in [0.05, 0.1) is 24.2 Å². The van der Waals surface area contributed by atoms with Gasteiger partial charge in [-0.15, -0.1) is 0 Å². The van der Waals surface area contributed by atoms with Crippen LogP contribution in [0.3, 0.4) is 0 Å². The number of nitrogens with zero attached hydrogens (tertiary/aromatic N) is 7. The van der Waals surface area contributed by atoms with Crippen molar-refractivity contribution in [2.24, 2.45) is 0 Å².